The lowest BCUT2D eigenvalue weighted by Gasteiger charge is -2.18. The Bertz CT molecular complexity index is 925. The minimum atomic E-state index is -0.255. The van der Waals surface area contributed by atoms with Gasteiger partial charge in [0.15, 0.2) is 0 Å². The van der Waals surface area contributed by atoms with Gasteiger partial charge in [0.1, 0.15) is 11.6 Å². The molecule has 128 valence electrons. The van der Waals surface area contributed by atoms with Gasteiger partial charge in [-0.05, 0) is 54.4 Å². The fraction of sp³-hybridized carbons (Fsp3) is 0.238. The Balaban J connectivity index is 1.90. The van der Waals surface area contributed by atoms with Crippen molar-refractivity contribution >= 4 is 10.9 Å². The molecule has 0 aliphatic carbocycles. The monoisotopic (exact) mass is 338 g/mol. The maximum absolute atomic E-state index is 13.9. The highest BCUT2D eigenvalue weighted by Crippen LogP contribution is 2.32. The van der Waals surface area contributed by atoms with Crippen molar-refractivity contribution in [3.8, 4) is 5.69 Å². The van der Waals surface area contributed by atoms with Gasteiger partial charge in [0.2, 0.25) is 0 Å². The Morgan fingerprint density at radius 2 is 1.68 bits per heavy atom. The summed E-state index contributed by atoms with van der Waals surface area (Å²) in [5.41, 5.74) is 4.29. The maximum Gasteiger partial charge on any atom is 0.123 e. The first-order valence-electron chi connectivity index (χ1n) is 8.58. The van der Waals surface area contributed by atoms with E-state index in [1.165, 1.54) is 29.5 Å². The topological polar surface area (TPSA) is 8.17 Å². The van der Waals surface area contributed by atoms with Crippen LogP contribution < -0.4 is 0 Å². The van der Waals surface area contributed by atoms with Crippen molar-refractivity contribution in [3.63, 3.8) is 0 Å². The Morgan fingerprint density at radius 3 is 2.44 bits per heavy atom. The highest BCUT2D eigenvalue weighted by molar-refractivity contribution is 5.87. The van der Waals surface area contributed by atoms with E-state index < -0.39 is 0 Å². The van der Waals surface area contributed by atoms with Crippen LogP contribution in [0.5, 0.6) is 0 Å². The third-order valence-electron chi connectivity index (χ3n) is 4.96. The van der Waals surface area contributed by atoms with Gasteiger partial charge in [0.25, 0.3) is 0 Å². The molecule has 1 aliphatic rings. The van der Waals surface area contributed by atoms with Gasteiger partial charge >= 0.3 is 0 Å². The van der Waals surface area contributed by atoms with E-state index in [1.807, 2.05) is 12.1 Å². The number of hydrogen-bond donors (Lipinski definition) is 0. The molecule has 0 spiro atoms. The number of aromatic nitrogens is 1. The summed E-state index contributed by atoms with van der Waals surface area (Å²) in [6.45, 7) is 6.54. The molecule has 2 nitrogen and oxygen atoms in total. The summed E-state index contributed by atoms with van der Waals surface area (Å²) in [6.07, 6.45) is 3.66. The average Bonchev–Trinajstić information content (AvgIpc) is 2.75. The van der Waals surface area contributed by atoms with Crippen LogP contribution in [0.15, 0.2) is 55.1 Å². The van der Waals surface area contributed by atoms with Crippen LogP contribution in [0, 0.1) is 11.6 Å². The maximum atomic E-state index is 13.9. The largest absolute Gasteiger partial charge is 0.313 e. The van der Waals surface area contributed by atoms with Crippen LogP contribution in [0.25, 0.3) is 16.6 Å². The van der Waals surface area contributed by atoms with Gasteiger partial charge in [-0.1, -0.05) is 6.08 Å². The van der Waals surface area contributed by atoms with Gasteiger partial charge in [-0.2, -0.15) is 0 Å². The number of fused-ring (bicyclic) bond motifs is 3. The predicted octanol–water partition coefficient (Wildman–Crippen LogP) is 4.50. The smallest absolute Gasteiger partial charge is 0.123 e. The van der Waals surface area contributed by atoms with Crippen LogP contribution in [-0.2, 0) is 12.8 Å². The lowest BCUT2D eigenvalue weighted by atomic mass is 10.1. The molecule has 2 heterocycles. The van der Waals surface area contributed by atoms with E-state index in [2.05, 4.69) is 16.0 Å². The van der Waals surface area contributed by atoms with E-state index in [0.29, 0.717) is 0 Å². The van der Waals surface area contributed by atoms with Gasteiger partial charge in [-0.15, -0.1) is 6.58 Å². The summed E-state index contributed by atoms with van der Waals surface area (Å²) in [4.78, 5) is 2.35. The van der Waals surface area contributed by atoms with Crippen molar-refractivity contribution in [1.82, 2.24) is 9.47 Å². The van der Waals surface area contributed by atoms with Crippen molar-refractivity contribution in [2.45, 2.75) is 12.8 Å². The zero-order valence-electron chi connectivity index (χ0n) is 14.0. The van der Waals surface area contributed by atoms with E-state index in [1.54, 1.807) is 18.2 Å². The van der Waals surface area contributed by atoms with Crippen LogP contribution in [0.1, 0.15) is 11.3 Å². The summed E-state index contributed by atoms with van der Waals surface area (Å²) in [5.74, 6) is -0.478. The highest BCUT2D eigenvalue weighted by Gasteiger charge is 2.22. The average molecular weight is 338 g/mol. The van der Waals surface area contributed by atoms with Crippen LogP contribution in [0.4, 0.5) is 8.78 Å². The first-order valence-corrected chi connectivity index (χ1v) is 8.58. The van der Waals surface area contributed by atoms with Gasteiger partial charge in [-0.3, -0.25) is 4.90 Å². The van der Waals surface area contributed by atoms with E-state index in [9.17, 15) is 8.78 Å². The summed E-state index contributed by atoms with van der Waals surface area (Å²) < 4.78 is 29.4. The van der Waals surface area contributed by atoms with Crippen LogP contribution >= 0.6 is 0 Å². The van der Waals surface area contributed by atoms with Gasteiger partial charge in [0.05, 0.1) is 5.52 Å². The second-order valence-corrected chi connectivity index (χ2v) is 6.49. The number of rotatable bonds is 3. The molecule has 0 radical (unpaired) electrons. The molecule has 0 atom stereocenters. The molecular formula is C21H20F2N2. The summed E-state index contributed by atoms with van der Waals surface area (Å²) in [7, 11) is 0. The normalized spacial score (nSPS) is 15.1. The molecule has 0 N–H and O–H groups in total. The Kier molecular flexibility index (Phi) is 4.14. The molecular weight excluding hydrogens is 318 g/mol. The van der Waals surface area contributed by atoms with Gasteiger partial charge in [-0.25, -0.2) is 8.78 Å². The first kappa shape index (κ1) is 16.0. The second-order valence-electron chi connectivity index (χ2n) is 6.49. The van der Waals surface area contributed by atoms with E-state index in [-0.39, 0.29) is 11.6 Å². The fourth-order valence-electron chi connectivity index (χ4n) is 3.82. The first-order chi connectivity index (χ1) is 12.2. The fourth-order valence-corrected chi connectivity index (χ4v) is 3.82. The molecule has 1 aliphatic heterocycles. The molecule has 0 fully saturated rings. The van der Waals surface area contributed by atoms with Crippen LogP contribution in [-0.4, -0.2) is 29.1 Å². The zero-order valence-corrected chi connectivity index (χ0v) is 14.0. The molecule has 0 bridgehead atoms. The summed E-state index contributed by atoms with van der Waals surface area (Å²) in [5, 5.41) is 0.958. The molecule has 0 unspecified atom stereocenters. The molecule has 4 heteroatoms. The summed E-state index contributed by atoms with van der Waals surface area (Å²) >= 11 is 0. The lowest BCUT2D eigenvalue weighted by Crippen LogP contribution is -2.26. The number of nitrogens with zero attached hydrogens (tertiary/aromatic N) is 2. The highest BCUT2D eigenvalue weighted by atomic mass is 19.1. The molecule has 0 saturated heterocycles. The van der Waals surface area contributed by atoms with Crippen molar-refractivity contribution in [1.29, 1.82) is 0 Å². The zero-order chi connectivity index (χ0) is 17.4. The Morgan fingerprint density at radius 1 is 0.960 bits per heavy atom. The van der Waals surface area contributed by atoms with Crippen molar-refractivity contribution in [2.24, 2.45) is 0 Å². The minimum absolute atomic E-state index is 0.223. The van der Waals surface area contributed by atoms with Gasteiger partial charge in [0, 0.05) is 42.8 Å². The van der Waals surface area contributed by atoms with Crippen molar-refractivity contribution < 1.29 is 8.78 Å². The van der Waals surface area contributed by atoms with Gasteiger partial charge < -0.3 is 4.57 Å². The van der Waals surface area contributed by atoms with Crippen molar-refractivity contribution in [2.75, 3.05) is 19.6 Å². The lowest BCUT2D eigenvalue weighted by molar-refractivity contribution is 0.318. The van der Waals surface area contributed by atoms with Crippen LogP contribution in [0.2, 0.25) is 0 Å². The number of benzene rings is 2. The predicted molar refractivity (Wildman–Crippen MR) is 97.2 cm³/mol. The Labute approximate surface area is 146 Å². The molecule has 1 aromatic heterocycles. The third kappa shape index (κ3) is 2.87. The molecule has 25 heavy (non-hydrogen) atoms. The molecule has 0 amide bonds. The molecule has 0 saturated carbocycles. The molecule has 3 aromatic rings. The summed E-state index contributed by atoms with van der Waals surface area (Å²) in [6, 6.07) is 11.4. The van der Waals surface area contributed by atoms with Crippen molar-refractivity contribution in [3.05, 3.63) is 78.0 Å². The minimum Gasteiger partial charge on any atom is -0.313 e. The standard InChI is InChI=1S/C21H20F2N2/c1-2-11-24-12-9-18-19-14-16(23)5-8-20(19)25(21(18)10-13-24)17-6-3-15(22)4-7-17/h2-8,14H,1,9-13H2. The molecule has 2 aromatic carbocycles. The Hall–Kier alpha value is -2.46. The van der Waals surface area contributed by atoms with E-state index in [4.69, 9.17) is 0 Å². The SMILES string of the molecule is C=CCN1CCc2c(n(-c3ccc(F)cc3)c3ccc(F)cc23)CC1. The van der Waals surface area contributed by atoms with E-state index in [0.717, 1.165) is 49.1 Å². The third-order valence-corrected chi connectivity index (χ3v) is 4.96. The second kappa shape index (κ2) is 6.45. The van der Waals surface area contributed by atoms with Crippen LogP contribution in [0.3, 0.4) is 0 Å². The van der Waals surface area contributed by atoms with E-state index >= 15 is 0 Å². The number of halogens is 2. The molecule has 4 rings (SSSR count). The number of hydrogen-bond acceptors (Lipinski definition) is 1. The quantitative estimate of drug-likeness (QED) is 0.639.